The van der Waals surface area contributed by atoms with Crippen molar-refractivity contribution in [2.24, 2.45) is 0 Å². The molecule has 1 rings (SSSR count). The molecule has 0 saturated heterocycles. The highest BCUT2D eigenvalue weighted by Crippen LogP contribution is 2.26. The third-order valence-corrected chi connectivity index (χ3v) is 2.00. The molecule has 0 aliphatic carbocycles. The van der Waals surface area contributed by atoms with E-state index in [-0.39, 0.29) is 17.5 Å². The van der Waals surface area contributed by atoms with Crippen LogP contribution in [-0.2, 0) is 6.42 Å². The average Bonchev–Trinajstić information content (AvgIpc) is 2.15. The van der Waals surface area contributed by atoms with Gasteiger partial charge in [0.2, 0.25) is 5.82 Å². The molecule has 1 aromatic rings. The molecule has 15 heavy (non-hydrogen) atoms. The summed E-state index contributed by atoms with van der Waals surface area (Å²) in [6.45, 7) is 1.54. The zero-order valence-electron chi connectivity index (χ0n) is 7.86. The first-order valence-corrected chi connectivity index (χ1v) is 4.18. The fourth-order valence-electron chi connectivity index (χ4n) is 1.36. The molecule has 0 heterocycles. The van der Waals surface area contributed by atoms with Crippen LogP contribution in [0.2, 0.25) is 0 Å². The van der Waals surface area contributed by atoms with Crippen LogP contribution < -0.4 is 0 Å². The van der Waals surface area contributed by atoms with Crippen molar-refractivity contribution >= 4 is 11.7 Å². The van der Waals surface area contributed by atoms with Crippen LogP contribution in [0.15, 0.2) is 12.1 Å². The molecule has 80 valence electrons. The van der Waals surface area contributed by atoms with Crippen molar-refractivity contribution in [3.05, 3.63) is 39.2 Å². The lowest BCUT2D eigenvalue weighted by Crippen LogP contribution is -2.07. The Morgan fingerprint density at radius 1 is 1.60 bits per heavy atom. The minimum absolute atomic E-state index is 0.0903. The lowest BCUT2D eigenvalue weighted by Gasteiger charge is -2.04. The van der Waals surface area contributed by atoms with Gasteiger partial charge in [0.1, 0.15) is 0 Å². The Hall–Kier alpha value is -1.98. The summed E-state index contributed by atoms with van der Waals surface area (Å²) < 4.78 is 13.1. The van der Waals surface area contributed by atoms with E-state index in [9.17, 15) is 19.3 Å². The van der Waals surface area contributed by atoms with Crippen LogP contribution in [0.3, 0.4) is 0 Å². The van der Waals surface area contributed by atoms with Crippen LogP contribution in [0.5, 0.6) is 0 Å². The minimum Gasteiger partial charge on any atom is -0.478 e. The van der Waals surface area contributed by atoms with Crippen molar-refractivity contribution in [1.29, 1.82) is 0 Å². The molecular formula is C9H8FNO4. The maximum absolute atomic E-state index is 13.1. The first kappa shape index (κ1) is 11.1. The molecule has 1 aromatic carbocycles. The van der Waals surface area contributed by atoms with E-state index in [4.69, 9.17) is 5.11 Å². The zero-order valence-corrected chi connectivity index (χ0v) is 7.86. The molecule has 0 unspecified atom stereocenters. The number of hydrogen-bond acceptors (Lipinski definition) is 3. The lowest BCUT2D eigenvalue weighted by molar-refractivity contribution is -0.388. The summed E-state index contributed by atoms with van der Waals surface area (Å²) in [6.07, 6.45) is 0.0930. The Morgan fingerprint density at radius 2 is 2.20 bits per heavy atom. The summed E-state index contributed by atoms with van der Waals surface area (Å²) >= 11 is 0. The third kappa shape index (κ3) is 1.93. The molecule has 5 nitrogen and oxygen atoms in total. The molecule has 0 fully saturated rings. The van der Waals surface area contributed by atoms with E-state index in [1.54, 1.807) is 0 Å². The number of carbonyl (C=O) groups is 1. The summed E-state index contributed by atoms with van der Waals surface area (Å²) in [5.74, 6) is -2.31. The van der Waals surface area contributed by atoms with Gasteiger partial charge in [0.05, 0.1) is 10.5 Å². The SMILES string of the molecule is CCc1c(C(=O)O)ccc(F)c1[N+](=O)[O-]. The second-order valence-electron chi connectivity index (χ2n) is 2.84. The van der Waals surface area contributed by atoms with Crippen LogP contribution in [0, 0.1) is 15.9 Å². The highest BCUT2D eigenvalue weighted by Gasteiger charge is 2.24. The van der Waals surface area contributed by atoms with Crippen molar-refractivity contribution in [2.75, 3.05) is 0 Å². The fourth-order valence-corrected chi connectivity index (χ4v) is 1.36. The fraction of sp³-hybridized carbons (Fsp3) is 0.222. The number of nitrogens with zero attached hydrogens (tertiary/aromatic N) is 1. The molecule has 0 saturated carbocycles. The number of nitro benzene ring substituents is 1. The predicted molar refractivity (Wildman–Crippen MR) is 49.4 cm³/mol. The first-order chi connectivity index (χ1) is 6.99. The lowest BCUT2D eigenvalue weighted by atomic mass is 10.0. The van der Waals surface area contributed by atoms with Gasteiger partial charge in [0.15, 0.2) is 0 Å². The number of carboxylic acid groups (broad SMARTS) is 1. The monoisotopic (exact) mass is 213 g/mol. The molecule has 0 spiro atoms. The summed E-state index contributed by atoms with van der Waals surface area (Å²) in [4.78, 5) is 20.4. The summed E-state index contributed by atoms with van der Waals surface area (Å²) in [5, 5.41) is 19.3. The smallest absolute Gasteiger partial charge is 0.336 e. The molecule has 0 aromatic heterocycles. The van der Waals surface area contributed by atoms with Crippen molar-refractivity contribution in [1.82, 2.24) is 0 Å². The van der Waals surface area contributed by atoms with Gasteiger partial charge < -0.3 is 5.11 Å². The molecule has 0 atom stereocenters. The maximum atomic E-state index is 13.1. The van der Waals surface area contributed by atoms with Crippen LogP contribution in [0.1, 0.15) is 22.8 Å². The second-order valence-corrected chi connectivity index (χ2v) is 2.84. The normalized spacial score (nSPS) is 10.0. The van der Waals surface area contributed by atoms with Crippen molar-refractivity contribution in [2.45, 2.75) is 13.3 Å². The Morgan fingerprint density at radius 3 is 2.60 bits per heavy atom. The van der Waals surface area contributed by atoms with E-state index in [0.717, 1.165) is 12.1 Å². The Balaban J connectivity index is 3.54. The predicted octanol–water partition coefficient (Wildman–Crippen LogP) is 1.99. The van der Waals surface area contributed by atoms with Gasteiger partial charge >= 0.3 is 11.7 Å². The zero-order chi connectivity index (χ0) is 11.6. The number of nitro groups is 1. The van der Waals surface area contributed by atoms with E-state index in [1.807, 2.05) is 0 Å². The standard InChI is InChI=1S/C9H8FNO4/c1-2-5-6(9(12)13)3-4-7(10)8(5)11(14)15/h3-4H,2H2,1H3,(H,12,13). The minimum atomic E-state index is -1.30. The first-order valence-electron chi connectivity index (χ1n) is 4.18. The Labute approximate surface area is 84.3 Å². The van der Waals surface area contributed by atoms with Gasteiger partial charge in [-0.2, -0.15) is 4.39 Å². The second kappa shape index (κ2) is 4.04. The molecule has 0 aliphatic heterocycles. The number of carboxylic acids is 1. The van der Waals surface area contributed by atoms with Crippen LogP contribution in [-0.4, -0.2) is 16.0 Å². The molecule has 1 N–H and O–H groups in total. The van der Waals surface area contributed by atoms with Gasteiger partial charge in [0.25, 0.3) is 0 Å². The van der Waals surface area contributed by atoms with Crippen LogP contribution >= 0.6 is 0 Å². The summed E-state index contributed by atoms with van der Waals surface area (Å²) in [5.41, 5.74) is -1.07. The Bertz CT molecular complexity index is 430. The van der Waals surface area contributed by atoms with Gasteiger partial charge in [-0.1, -0.05) is 6.92 Å². The van der Waals surface area contributed by atoms with Gasteiger partial charge in [0, 0.05) is 5.56 Å². The molecule has 6 heteroatoms. The van der Waals surface area contributed by atoms with E-state index >= 15 is 0 Å². The molecule has 0 amide bonds. The molecular weight excluding hydrogens is 205 g/mol. The number of hydrogen-bond donors (Lipinski definition) is 1. The molecule has 0 bridgehead atoms. The third-order valence-electron chi connectivity index (χ3n) is 2.00. The molecule has 0 radical (unpaired) electrons. The van der Waals surface area contributed by atoms with Crippen molar-refractivity contribution in [3.63, 3.8) is 0 Å². The van der Waals surface area contributed by atoms with Gasteiger partial charge in [-0.05, 0) is 18.6 Å². The van der Waals surface area contributed by atoms with Gasteiger partial charge in [-0.15, -0.1) is 0 Å². The van der Waals surface area contributed by atoms with Gasteiger partial charge in [-0.25, -0.2) is 4.79 Å². The highest BCUT2D eigenvalue weighted by molar-refractivity contribution is 5.90. The van der Waals surface area contributed by atoms with Crippen LogP contribution in [0.25, 0.3) is 0 Å². The average molecular weight is 213 g/mol. The number of aromatic carboxylic acids is 1. The topological polar surface area (TPSA) is 80.4 Å². The van der Waals surface area contributed by atoms with Crippen molar-refractivity contribution < 1.29 is 19.2 Å². The largest absolute Gasteiger partial charge is 0.478 e. The van der Waals surface area contributed by atoms with Crippen molar-refractivity contribution in [3.8, 4) is 0 Å². The Kier molecular flexibility index (Phi) is 2.99. The number of halogens is 1. The van der Waals surface area contributed by atoms with E-state index in [0.29, 0.717) is 0 Å². The molecule has 0 aliphatic rings. The van der Waals surface area contributed by atoms with Crippen LogP contribution in [0.4, 0.5) is 10.1 Å². The number of rotatable bonds is 3. The van der Waals surface area contributed by atoms with E-state index < -0.39 is 22.4 Å². The van der Waals surface area contributed by atoms with E-state index in [1.165, 1.54) is 6.92 Å². The van der Waals surface area contributed by atoms with Gasteiger partial charge in [-0.3, -0.25) is 10.1 Å². The number of benzene rings is 1. The summed E-state index contributed by atoms with van der Waals surface area (Å²) in [6, 6.07) is 1.82. The maximum Gasteiger partial charge on any atom is 0.336 e. The highest BCUT2D eigenvalue weighted by atomic mass is 19.1. The van der Waals surface area contributed by atoms with E-state index in [2.05, 4.69) is 0 Å². The quantitative estimate of drug-likeness (QED) is 0.615. The summed E-state index contributed by atoms with van der Waals surface area (Å²) in [7, 11) is 0.